The molecule has 0 unspecified atom stereocenters. The molecule has 114 valence electrons. The van der Waals surface area contributed by atoms with Crippen molar-refractivity contribution >= 4 is 17.2 Å². The van der Waals surface area contributed by atoms with Crippen LogP contribution in [0.5, 0.6) is 0 Å². The number of aromatic amines is 1. The van der Waals surface area contributed by atoms with Crippen molar-refractivity contribution in [3.63, 3.8) is 0 Å². The highest BCUT2D eigenvalue weighted by atomic mass is 32.1. The highest BCUT2D eigenvalue weighted by molar-refractivity contribution is 7.13. The van der Waals surface area contributed by atoms with Crippen molar-refractivity contribution in [3.05, 3.63) is 23.2 Å². The van der Waals surface area contributed by atoms with Crippen LogP contribution in [0, 0.1) is 11.3 Å². The molecule has 0 saturated heterocycles. The second-order valence-corrected chi connectivity index (χ2v) is 8.24. The SMILES string of the molecule is CC(C)(C)C1CCC(c2[nH]nc(N)c2-c2cccs2)CC1. The Morgan fingerprint density at radius 2 is 1.95 bits per heavy atom. The number of hydrogen-bond acceptors (Lipinski definition) is 3. The normalized spacial score (nSPS) is 23.4. The van der Waals surface area contributed by atoms with Gasteiger partial charge >= 0.3 is 0 Å². The molecule has 0 spiro atoms. The molecule has 3 nitrogen and oxygen atoms in total. The Morgan fingerprint density at radius 3 is 2.52 bits per heavy atom. The molecule has 2 aromatic heterocycles. The Morgan fingerprint density at radius 1 is 1.24 bits per heavy atom. The summed E-state index contributed by atoms with van der Waals surface area (Å²) < 4.78 is 0. The molecule has 1 aliphatic rings. The van der Waals surface area contributed by atoms with E-state index in [1.807, 2.05) is 0 Å². The molecular weight excluding hydrogens is 278 g/mol. The highest BCUT2D eigenvalue weighted by Crippen LogP contribution is 2.45. The van der Waals surface area contributed by atoms with Crippen LogP contribution in [0.15, 0.2) is 17.5 Å². The van der Waals surface area contributed by atoms with Gasteiger partial charge in [-0.2, -0.15) is 5.10 Å². The van der Waals surface area contributed by atoms with E-state index in [4.69, 9.17) is 5.73 Å². The third kappa shape index (κ3) is 2.86. The Balaban J connectivity index is 1.81. The van der Waals surface area contributed by atoms with E-state index in [1.54, 1.807) is 11.3 Å². The van der Waals surface area contributed by atoms with Gasteiger partial charge in [0.2, 0.25) is 0 Å². The van der Waals surface area contributed by atoms with Gasteiger partial charge in [-0.25, -0.2) is 0 Å². The molecule has 0 amide bonds. The fourth-order valence-corrected chi connectivity index (χ4v) is 4.39. The molecule has 3 rings (SSSR count). The topological polar surface area (TPSA) is 54.7 Å². The van der Waals surface area contributed by atoms with Crippen LogP contribution in [-0.4, -0.2) is 10.2 Å². The quantitative estimate of drug-likeness (QED) is 0.816. The van der Waals surface area contributed by atoms with Gasteiger partial charge in [0.1, 0.15) is 0 Å². The van der Waals surface area contributed by atoms with Crippen LogP contribution in [0.4, 0.5) is 5.82 Å². The molecule has 1 saturated carbocycles. The van der Waals surface area contributed by atoms with Gasteiger partial charge in [0.25, 0.3) is 0 Å². The molecule has 2 aromatic rings. The predicted octanol–water partition coefficient (Wildman–Crippen LogP) is 5.04. The largest absolute Gasteiger partial charge is 0.382 e. The minimum absolute atomic E-state index is 0.425. The van der Waals surface area contributed by atoms with Crippen molar-refractivity contribution in [2.75, 3.05) is 5.73 Å². The first-order chi connectivity index (χ1) is 9.97. The number of anilines is 1. The van der Waals surface area contributed by atoms with Crippen molar-refractivity contribution in [1.82, 2.24) is 10.2 Å². The Hall–Kier alpha value is -1.29. The van der Waals surface area contributed by atoms with Gasteiger partial charge in [-0.15, -0.1) is 11.3 Å². The van der Waals surface area contributed by atoms with Gasteiger partial charge in [-0.05, 0) is 48.5 Å². The summed E-state index contributed by atoms with van der Waals surface area (Å²) in [5.41, 5.74) is 8.92. The van der Waals surface area contributed by atoms with Crippen LogP contribution in [0.25, 0.3) is 10.4 Å². The number of nitrogens with zero attached hydrogens (tertiary/aromatic N) is 1. The molecule has 0 atom stereocenters. The Bertz CT molecular complexity index is 584. The van der Waals surface area contributed by atoms with Gasteiger partial charge in [0.05, 0.1) is 5.56 Å². The maximum Gasteiger partial charge on any atom is 0.154 e. The summed E-state index contributed by atoms with van der Waals surface area (Å²) in [5, 5.41) is 9.59. The number of rotatable bonds is 2. The van der Waals surface area contributed by atoms with Crippen LogP contribution in [0.3, 0.4) is 0 Å². The van der Waals surface area contributed by atoms with E-state index >= 15 is 0 Å². The first-order valence-electron chi connectivity index (χ1n) is 7.84. The van der Waals surface area contributed by atoms with Gasteiger partial charge in [-0.1, -0.05) is 26.8 Å². The third-order valence-corrected chi connectivity index (χ3v) is 5.84. The summed E-state index contributed by atoms with van der Waals surface area (Å²) >= 11 is 1.74. The number of nitrogens with two attached hydrogens (primary N) is 1. The lowest BCUT2D eigenvalue weighted by atomic mass is 9.69. The third-order valence-electron chi connectivity index (χ3n) is 4.95. The number of aromatic nitrogens is 2. The Labute approximate surface area is 131 Å². The summed E-state index contributed by atoms with van der Waals surface area (Å²) in [5.74, 6) is 2.05. The minimum Gasteiger partial charge on any atom is -0.382 e. The monoisotopic (exact) mass is 303 g/mol. The van der Waals surface area contributed by atoms with Crippen LogP contribution in [0.1, 0.15) is 58.1 Å². The van der Waals surface area contributed by atoms with Crippen LogP contribution in [0.2, 0.25) is 0 Å². The average molecular weight is 303 g/mol. The molecule has 3 N–H and O–H groups in total. The maximum absolute atomic E-state index is 6.10. The summed E-state index contributed by atoms with van der Waals surface area (Å²) in [6.45, 7) is 7.09. The van der Waals surface area contributed by atoms with Gasteiger partial charge in [-0.3, -0.25) is 5.10 Å². The van der Waals surface area contributed by atoms with E-state index in [1.165, 1.54) is 36.3 Å². The number of hydrogen-bond donors (Lipinski definition) is 2. The standard InChI is InChI=1S/C17H25N3S/c1-17(2,3)12-8-6-11(7-9-12)15-14(16(18)20-19-15)13-5-4-10-21-13/h4-5,10-12H,6-9H2,1-3H3,(H3,18,19,20). The fraction of sp³-hybridized carbons (Fsp3) is 0.588. The van der Waals surface area contributed by atoms with Crippen molar-refractivity contribution in [2.45, 2.75) is 52.4 Å². The van der Waals surface area contributed by atoms with Gasteiger partial charge < -0.3 is 5.73 Å². The number of nitrogen functional groups attached to an aromatic ring is 1. The molecule has 1 fully saturated rings. The van der Waals surface area contributed by atoms with E-state index < -0.39 is 0 Å². The van der Waals surface area contributed by atoms with Crippen LogP contribution < -0.4 is 5.73 Å². The van der Waals surface area contributed by atoms with E-state index in [-0.39, 0.29) is 0 Å². The summed E-state index contributed by atoms with van der Waals surface area (Å²) in [6, 6.07) is 4.21. The second kappa shape index (κ2) is 5.48. The predicted molar refractivity (Wildman–Crippen MR) is 90.5 cm³/mol. The zero-order valence-corrected chi connectivity index (χ0v) is 14.0. The minimum atomic E-state index is 0.425. The maximum atomic E-state index is 6.10. The number of nitrogens with one attached hydrogen (secondary N) is 1. The lowest BCUT2D eigenvalue weighted by molar-refractivity contribution is 0.168. The molecule has 0 aromatic carbocycles. The van der Waals surface area contributed by atoms with Crippen LogP contribution in [-0.2, 0) is 0 Å². The van der Waals surface area contributed by atoms with Crippen molar-refractivity contribution < 1.29 is 0 Å². The van der Waals surface area contributed by atoms with Gasteiger partial charge in [0.15, 0.2) is 5.82 Å². The Kier molecular flexibility index (Phi) is 3.82. The lowest BCUT2D eigenvalue weighted by Crippen LogP contribution is -2.25. The van der Waals surface area contributed by atoms with Crippen LogP contribution >= 0.6 is 11.3 Å². The molecular formula is C17H25N3S. The first kappa shape index (κ1) is 14.6. The van der Waals surface area contributed by atoms with E-state index in [0.29, 0.717) is 17.2 Å². The fourth-order valence-electron chi connectivity index (χ4n) is 3.59. The molecule has 0 radical (unpaired) electrons. The number of thiophene rings is 1. The molecule has 2 heterocycles. The molecule has 0 aliphatic heterocycles. The van der Waals surface area contributed by atoms with E-state index in [2.05, 4.69) is 48.5 Å². The van der Waals surface area contributed by atoms with E-state index in [0.717, 1.165) is 11.5 Å². The zero-order valence-electron chi connectivity index (χ0n) is 13.1. The number of H-pyrrole nitrogens is 1. The van der Waals surface area contributed by atoms with Gasteiger partial charge in [0, 0.05) is 16.5 Å². The highest BCUT2D eigenvalue weighted by Gasteiger charge is 2.32. The smallest absolute Gasteiger partial charge is 0.154 e. The summed E-state index contributed by atoms with van der Waals surface area (Å²) in [6.07, 6.45) is 5.08. The zero-order chi connectivity index (χ0) is 15.0. The average Bonchev–Trinajstić information content (AvgIpc) is 3.06. The summed E-state index contributed by atoms with van der Waals surface area (Å²) in [7, 11) is 0. The first-order valence-corrected chi connectivity index (χ1v) is 8.72. The molecule has 1 aliphatic carbocycles. The lowest BCUT2D eigenvalue weighted by Gasteiger charge is -2.36. The molecule has 4 heteroatoms. The van der Waals surface area contributed by atoms with Crippen molar-refractivity contribution in [3.8, 4) is 10.4 Å². The molecule has 0 bridgehead atoms. The molecule has 21 heavy (non-hydrogen) atoms. The van der Waals surface area contributed by atoms with E-state index in [9.17, 15) is 0 Å². The van der Waals surface area contributed by atoms with Crippen molar-refractivity contribution in [2.24, 2.45) is 11.3 Å². The van der Waals surface area contributed by atoms with Crippen molar-refractivity contribution in [1.29, 1.82) is 0 Å². The summed E-state index contributed by atoms with van der Waals surface area (Å²) in [4.78, 5) is 1.23. The second-order valence-electron chi connectivity index (χ2n) is 7.29.